The maximum Gasteiger partial charge on any atom is 2.00 e. The first kappa shape index (κ1) is 35.2. The van der Waals surface area contributed by atoms with E-state index in [0.717, 1.165) is 43.2 Å². The van der Waals surface area contributed by atoms with Crippen molar-refractivity contribution in [2.24, 2.45) is 0 Å². The minimum Gasteiger partial charge on any atom is -0.872 e. The van der Waals surface area contributed by atoms with Crippen molar-refractivity contribution in [3.63, 3.8) is 0 Å². The van der Waals surface area contributed by atoms with Gasteiger partial charge >= 0.3 is 43.7 Å². The Hall–Kier alpha value is -1.76. The molecule has 0 spiro atoms. The molecule has 0 saturated carbocycles. The number of aromatic carboxylic acids is 2. The molecule has 0 aliphatic rings. The summed E-state index contributed by atoms with van der Waals surface area (Å²) >= 11 is 0. The first-order chi connectivity index (χ1) is 17.3. The zero-order chi connectivity index (χ0) is 26.8. The van der Waals surface area contributed by atoms with Gasteiger partial charge in [0, 0.05) is 0 Å². The van der Waals surface area contributed by atoms with Gasteiger partial charge in [0.1, 0.15) is 11.3 Å². The summed E-state index contributed by atoms with van der Waals surface area (Å²) in [6.45, 7) is 4.39. The molecular weight excluding hydrogens is 496 g/mol. The zero-order valence-electron chi connectivity index (χ0n) is 22.6. The predicted octanol–water partition coefficient (Wildman–Crippen LogP) is 5.64. The Balaban J connectivity index is 0.000000682. The van der Waals surface area contributed by atoms with Gasteiger partial charge in [0.2, 0.25) is 0 Å². The number of aryl methyl sites for hydroxylation is 2. The van der Waals surface area contributed by atoms with E-state index in [4.69, 9.17) is 5.11 Å². The van der Waals surface area contributed by atoms with Crippen LogP contribution in [0.4, 0.5) is 0 Å². The minimum atomic E-state index is -1.40. The van der Waals surface area contributed by atoms with Crippen LogP contribution in [0, 0.1) is 0 Å². The maximum atomic E-state index is 11.4. The van der Waals surface area contributed by atoms with Crippen molar-refractivity contribution in [3.8, 4) is 11.5 Å². The van der Waals surface area contributed by atoms with Crippen LogP contribution < -0.4 is 10.2 Å². The average Bonchev–Trinajstić information content (AvgIpc) is 2.83. The van der Waals surface area contributed by atoms with E-state index in [0.29, 0.717) is 0 Å². The van der Waals surface area contributed by atoms with Gasteiger partial charge in [-0.15, -0.1) is 0 Å². The largest absolute Gasteiger partial charge is 2.00 e. The number of hydrogen-bond acceptors (Lipinski definition) is 5. The van der Waals surface area contributed by atoms with Crippen LogP contribution in [0.1, 0.15) is 123 Å². The van der Waals surface area contributed by atoms with E-state index in [9.17, 15) is 24.9 Å². The normalized spacial score (nSPS) is 10.2. The first-order valence-corrected chi connectivity index (χ1v) is 13.4. The standard InChI is InChI=1S/2C15H22O3.Ca/c2*1-2-3-4-5-6-7-8-12-9-10-13(15(17)18)14(16)11-12;/h2*9-11,16H,2-8H2,1H3,(H,17,18);/q;;+2/p-2. The molecule has 0 radical (unpaired) electrons. The monoisotopic (exact) mass is 538 g/mol. The number of hydrogen-bond donors (Lipinski definition) is 2. The molecule has 200 valence electrons. The van der Waals surface area contributed by atoms with E-state index in [-0.39, 0.29) is 54.6 Å². The first-order valence-electron chi connectivity index (χ1n) is 13.4. The number of unbranched alkanes of at least 4 members (excludes halogenated alkanes) is 10. The second-order valence-electron chi connectivity index (χ2n) is 9.31. The minimum absolute atomic E-state index is 0. The SMILES string of the molecule is CCCCCCCCc1ccc(C(=O)O)c(O)c1.CCCCCCCCc1ccc(C(=O)[O-])c([O-])c1.[Ca+2]. The molecule has 0 heterocycles. The Morgan fingerprint density at radius 1 is 0.703 bits per heavy atom. The van der Waals surface area contributed by atoms with Crippen molar-refractivity contribution in [1.29, 1.82) is 0 Å². The van der Waals surface area contributed by atoms with Crippen LogP contribution in [0.25, 0.3) is 0 Å². The topological polar surface area (TPSA) is 121 Å². The molecule has 0 amide bonds. The van der Waals surface area contributed by atoms with Gasteiger partial charge in [0.25, 0.3) is 0 Å². The van der Waals surface area contributed by atoms with Crippen molar-refractivity contribution < 1.29 is 30.0 Å². The molecule has 0 atom stereocenters. The van der Waals surface area contributed by atoms with E-state index in [1.807, 2.05) is 0 Å². The summed E-state index contributed by atoms with van der Waals surface area (Å²) in [5.41, 5.74) is 1.65. The summed E-state index contributed by atoms with van der Waals surface area (Å²) in [6, 6.07) is 9.30. The van der Waals surface area contributed by atoms with Gasteiger partial charge in [-0.05, 0) is 54.5 Å². The fraction of sp³-hybridized carbons (Fsp3) is 0.533. The van der Waals surface area contributed by atoms with Gasteiger partial charge in [-0.25, -0.2) is 4.79 Å². The molecule has 2 aromatic carbocycles. The zero-order valence-corrected chi connectivity index (χ0v) is 24.8. The smallest absolute Gasteiger partial charge is 0.872 e. The van der Waals surface area contributed by atoms with E-state index in [1.54, 1.807) is 18.2 Å². The van der Waals surface area contributed by atoms with Crippen LogP contribution in [0.15, 0.2) is 36.4 Å². The van der Waals surface area contributed by atoms with E-state index in [2.05, 4.69) is 13.8 Å². The van der Waals surface area contributed by atoms with Gasteiger partial charge in [-0.1, -0.05) is 108 Å². The molecule has 7 heteroatoms. The fourth-order valence-electron chi connectivity index (χ4n) is 4.02. The third kappa shape index (κ3) is 15.3. The molecule has 0 aliphatic heterocycles. The average molecular weight is 539 g/mol. The molecule has 6 nitrogen and oxygen atoms in total. The van der Waals surface area contributed by atoms with Crippen molar-refractivity contribution in [1.82, 2.24) is 0 Å². The molecule has 2 rings (SSSR count). The van der Waals surface area contributed by atoms with Crippen molar-refractivity contribution >= 4 is 49.7 Å². The Bertz CT molecular complexity index is 853. The summed E-state index contributed by atoms with van der Waals surface area (Å²) in [5.74, 6) is -3.06. The number of carboxylic acids is 2. The summed E-state index contributed by atoms with van der Waals surface area (Å²) in [4.78, 5) is 21.3. The van der Waals surface area contributed by atoms with Crippen LogP contribution in [-0.2, 0) is 12.8 Å². The van der Waals surface area contributed by atoms with Gasteiger partial charge in [-0.2, -0.15) is 0 Å². The summed E-state index contributed by atoms with van der Waals surface area (Å²) < 4.78 is 0. The Labute approximate surface area is 252 Å². The van der Waals surface area contributed by atoms with Crippen LogP contribution >= 0.6 is 0 Å². The Morgan fingerprint density at radius 2 is 1.14 bits per heavy atom. The number of phenols is 1. The molecule has 0 saturated heterocycles. The summed E-state index contributed by atoms with van der Waals surface area (Å²) in [5, 5.41) is 40.4. The third-order valence-electron chi connectivity index (χ3n) is 6.20. The van der Waals surface area contributed by atoms with Crippen molar-refractivity contribution in [2.75, 3.05) is 0 Å². The van der Waals surface area contributed by atoms with E-state index in [1.165, 1.54) is 76.0 Å². The van der Waals surface area contributed by atoms with Crippen LogP contribution in [0.3, 0.4) is 0 Å². The number of benzene rings is 2. The van der Waals surface area contributed by atoms with Crippen molar-refractivity contribution in [3.05, 3.63) is 58.7 Å². The van der Waals surface area contributed by atoms with Crippen molar-refractivity contribution in [2.45, 2.75) is 104 Å². The van der Waals surface area contributed by atoms with Gasteiger partial charge in [0.05, 0.1) is 5.97 Å². The molecule has 37 heavy (non-hydrogen) atoms. The number of carbonyl (C=O) groups excluding carboxylic acids is 1. The quantitative estimate of drug-likeness (QED) is 0.211. The Kier molecular flexibility index (Phi) is 20.2. The number of aromatic hydroxyl groups is 1. The second-order valence-corrected chi connectivity index (χ2v) is 9.31. The molecule has 2 N–H and O–H groups in total. The predicted molar refractivity (Wildman–Crippen MR) is 145 cm³/mol. The maximum absolute atomic E-state index is 11.4. The number of rotatable bonds is 16. The van der Waals surface area contributed by atoms with Gasteiger partial charge in [0.15, 0.2) is 0 Å². The van der Waals surface area contributed by atoms with Crippen LogP contribution in [0.5, 0.6) is 11.5 Å². The Morgan fingerprint density at radius 3 is 1.54 bits per heavy atom. The van der Waals surface area contributed by atoms with E-state index >= 15 is 0 Å². The number of carbonyl (C=O) groups is 2. The molecular formula is C30H42CaO6. The summed E-state index contributed by atoms with van der Waals surface area (Å²) in [6.07, 6.45) is 16.4. The van der Waals surface area contributed by atoms with Gasteiger partial charge in [-0.3, -0.25) is 0 Å². The van der Waals surface area contributed by atoms with Gasteiger partial charge < -0.3 is 25.2 Å². The van der Waals surface area contributed by atoms with Crippen LogP contribution in [-0.4, -0.2) is 59.9 Å². The molecule has 0 unspecified atom stereocenters. The number of carboxylic acid groups (broad SMARTS) is 2. The van der Waals surface area contributed by atoms with Crippen LogP contribution in [0.2, 0.25) is 0 Å². The second kappa shape index (κ2) is 21.2. The van der Waals surface area contributed by atoms with E-state index < -0.39 is 17.7 Å². The molecule has 0 fully saturated rings. The molecule has 0 aromatic heterocycles. The molecule has 0 aliphatic carbocycles. The summed E-state index contributed by atoms with van der Waals surface area (Å²) in [7, 11) is 0. The molecule has 2 aromatic rings. The molecule has 0 bridgehead atoms. The fourth-order valence-corrected chi connectivity index (χ4v) is 4.02. The third-order valence-corrected chi connectivity index (χ3v) is 6.20.